The van der Waals surface area contributed by atoms with Crippen molar-refractivity contribution in [3.63, 3.8) is 0 Å². The van der Waals surface area contributed by atoms with Crippen LogP contribution >= 0.6 is 0 Å². The molecule has 3 atom stereocenters. The molecule has 0 aromatic carbocycles. The number of piperidine rings is 1. The summed E-state index contributed by atoms with van der Waals surface area (Å²) < 4.78 is 5.97. The molecule has 0 aromatic heterocycles. The van der Waals surface area contributed by atoms with Crippen LogP contribution in [-0.4, -0.2) is 49.7 Å². The van der Waals surface area contributed by atoms with Crippen molar-refractivity contribution in [2.45, 2.75) is 64.0 Å². The zero-order chi connectivity index (χ0) is 14.9. The van der Waals surface area contributed by atoms with Crippen molar-refractivity contribution in [2.24, 2.45) is 11.3 Å². The first-order valence-electron chi connectivity index (χ1n) is 8.78. The Labute approximate surface area is 128 Å². The molecule has 4 heteroatoms. The molecule has 1 amide bonds. The van der Waals surface area contributed by atoms with Crippen LogP contribution in [-0.2, 0) is 9.53 Å². The summed E-state index contributed by atoms with van der Waals surface area (Å²) in [6.07, 6.45) is 8.67. The summed E-state index contributed by atoms with van der Waals surface area (Å²) in [5.74, 6) is 0.543. The zero-order valence-corrected chi connectivity index (χ0v) is 13.6. The second-order valence-electron chi connectivity index (χ2n) is 7.13. The molecule has 2 saturated carbocycles. The molecule has 0 aromatic rings. The molecule has 3 aliphatic rings. The third-order valence-electron chi connectivity index (χ3n) is 6.11. The van der Waals surface area contributed by atoms with Gasteiger partial charge in [-0.15, -0.1) is 0 Å². The van der Waals surface area contributed by atoms with Crippen LogP contribution in [0.25, 0.3) is 0 Å². The van der Waals surface area contributed by atoms with Gasteiger partial charge in [0.25, 0.3) is 0 Å². The van der Waals surface area contributed by atoms with Crippen molar-refractivity contribution in [3.05, 3.63) is 0 Å². The van der Waals surface area contributed by atoms with E-state index in [1.165, 1.54) is 25.7 Å². The van der Waals surface area contributed by atoms with Gasteiger partial charge in [0, 0.05) is 31.7 Å². The molecular weight excluding hydrogens is 264 g/mol. The molecule has 4 nitrogen and oxygen atoms in total. The quantitative estimate of drug-likeness (QED) is 0.864. The first-order valence-corrected chi connectivity index (χ1v) is 8.78. The van der Waals surface area contributed by atoms with Gasteiger partial charge in [0.2, 0.25) is 5.91 Å². The van der Waals surface area contributed by atoms with Gasteiger partial charge in [-0.25, -0.2) is 0 Å². The topological polar surface area (TPSA) is 41.6 Å². The highest BCUT2D eigenvalue weighted by Gasteiger charge is 2.59. The first-order chi connectivity index (χ1) is 10.2. The Kier molecular flexibility index (Phi) is 4.55. The average molecular weight is 294 g/mol. The Morgan fingerprint density at radius 3 is 2.71 bits per heavy atom. The van der Waals surface area contributed by atoms with Crippen LogP contribution < -0.4 is 5.32 Å². The number of nitrogens with one attached hydrogen (secondary N) is 1. The van der Waals surface area contributed by atoms with Crippen LogP contribution in [0.2, 0.25) is 0 Å². The van der Waals surface area contributed by atoms with Gasteiger partial charge in [-0.2, -0.15) is 0 Å². The summed E-state index contributed by atoms with van der Waals surface area (Å²) >= 11 is 0. The molecule has 3 fully saturated rings. The molecule has 1 saturated heterocycles. The summed E-state index contributed by atoms with van der Waals surface area (Å²) in [5, 5.41) is 3.36. The van der Waals surface area contributed by atoms with Crippen LogP contribution in [0.15, 0.2) is 0 Å². The lowest BCUT2D eigenvalue weighted by molar-refractivity contribution is -0.175. The summed E-state index contributed by atoms with van der Waals surface area (Å²) in [4.78, 5) is 14.9. The molecule has 0 bridgehead atoms. The Bertz CT molecular complexity index is 373. The fraction of sp³-hybridized carbons (Fsp3) is 0.941. The lowest BCUT2D eigenvalue weighted by atomic mass is 9.60. The number of ether oxygens (including phenoxy) is 1. The van der Waals surface area contributed by atoms with Crippen molar-refractivity contribution in [1.82, 2.24) is 10.2 Å². The van der Waals surface area contributed by atoms with Gasteiger partial charge >= 0.3 is 0 Å². The van der Waals surface area contributed by atoms with Crippen LogP contribution in [0.4, 0.5) is 0 Å². The minimum Gasteiger partial charge on any atom is -0.378 e. The number of carbonyl (C=O) groups excluding carboxylic acids is 1. The maximum absolute atomic E-state index is 12.8. The molecule has 120 valence electrons. The molecule has 3 unspecified atom stereocenters. The molecular formula is C17H30N2O2. The van der Waals surface area contributed by atoms with Gasteiger partial charge in [0.15, 0.2) is 0 Å². The lowest BCUT2D eigenvalue weighted by Gasteiger charge is -2.57. The van der Waals surface area contributed by atoms with Crippen molar-refractivity contribution >= 4 is 5.91 Å². The molecule has 1 spiro atoms. The van der Waals surface area contributed by atoms with Gasteiger partial charge in [0.05, 0.1) is 12.0 Å². The van der Waals surface area contributed by atoms with E-state index in [0.29, 0.717) is 18.1 Å². The van der Waals surface area contributed by atoms with Crippen molar-refractivity contribution in [3.8, 4) is 0 Å². The van der Waals surface area contributed by atoms with E-state index in [1.54, 1.807) is 0 Å². The number of amides is 1. The highest BCUT2D eigenvalue weighted by atomic mass is 16.5. The van der Waals surface area contributed by atoms with Crippen LogP contribution in [0, 0.1) is 11.3 Å². The fourth-order valence-corrected chi connectivity index (χ4v) is 4.90. The van der Waals surface area contributed by atoms with E-state index in [4.69, 9.17) is 4.74 Å². The minimum absolute atomic E-state index is 0.188. The second-order valence-corrected chi connectivity index (χ2v) is 7.13. The summed E-state index contributed by atoms with van der Waals surface area (Å²) in [6.45, 7) is 4.80. The van der Waals surface area contributed by atoms with E-state index in [-0.39, 0.29) is 11.3 Å². The zero-order valence-electron chi connectivity index (χ0n) is 13.6. The van der Waals surface area contributed by atoms with Gasteiger partial charge in [0.1, 0.15) is 0 Å². The Hall–Kier alpha value is -0.610. The van der Waals surface area contributed by atoms with Crippen molar-refractivity contribution in [2.75, 3.05) is 26.7 Å². The Morgan fingerprint density at radius 1 is 1.33 bits per heavy atom. The van der Waals surface area contributed by atoms with E-state index in [1.807, 2.05) is 7.05 Å². The molecule has 0 radical (unpaired) electrons. The molecule has 1 heterocycles. The largest absolute Gasteiger partial charge is 0.378 e. The van der Waals surface area contributed by atoms with Gasteiger partial charge in [-0.1, -0.05) is 12.8 Å². The molecule has 2 aliphatic carbocycles. The number of rotatable bonds is 4. The van der Waals surface area contributed by atoms with E-state index < -0.39 is 0 Å². The number of hydrogen-bond acceptors (Lipinski definition) is 3. The number of carbonyl (C=O) groups is 1. The lowest BCUT2D eigenvalue weighted by Crippen LogP contribution is -2.64. The standard InChI is InChI=1S/C17H30N2O2/c1-3-21-15-11-14(17(15)8-4-5-9-17)19(2)16(20)13-7-6-10-18-12-13/h13-15,18H,3-12H2,1-2H3. The Morgan fingerprint density at radius 2 is 2.10 bits per heavy atom. The normalized spacial score (nSPS) is 34.7. The van der Waals surface area contributed by atoms with Crippen LogP contribution in [0.5, 0.6) is 0 Å². The predicted molar refractivity (Wildman–Crippen MR) is 83.1 cm³/mol. The summed E-state index contributed by atoms with van der Waals surface area (Å²) in [5.41, 5.74) is 0.266. The Balaban J connectivity index is 1.66. The van der Waals surface area contributed by atoms with Gasteiger partial charge in [-0.3, -0.25) is 4.79 Å². The van der Waals surface area contributed by atoms with Crippen LogP contribution in [0.3, 0.4) is 0 Å². The first kappa shape index (κ1) is 15.3. The maximum atomic E-state index is 12.8. The molecule has 1 aliphatic heterocycles. The van der Waals surface area contributed by atoms with E-state index >= 15 is 0 Å². The number of nitrogens with zero attached hydrogens (tertiary/aromatic N) is 1. The molecule has 1 N–H and O–H groups in total. The fourth-order valence-electron chi connectivity index (χ4n) is 4.90. The highest BCUT2D eigenvalue weighted by molar-refractivity contribution is 5.79. The van der Waals surface area contributed by atoms with E-state index in [9.17, 15) is 4.79 Å². The summed E-state index contributed by atoms with van der Waals surface area (Å²) in [6, 6.07) is 0.408. The monoisotopic (exact) mass is 294 g/mol. The predicted octanol–water partition coefficient (Wildman–Crippen LogP) is 2.18. The smallest absolute Gasteiger partial charge is 0.226 e. The number of hydrogen-bond donors (Lipinski definition) is 1. The van der Waals surface area contributed by atoms with E-state index in [2.05, 4.69) is 17.1 Å². The van der Waals surface area contributed by atoms with E-state index in [0.717, 1.165) is 39.0 Å². The third kappa shape index (κ3) is 2.61. The molecule has 21 heavy (non-hydrogen) atoms. The second kappa shape index (κ2) is 6.25. The average Bonchev–Trinajstić information content (AvgIpc) is 3.03. The SMILES string of the molecule is CCOC1CC(N(C)C(=O)C2CCCNC2)C12CCCC2. The third-order valence-corrected chi connectivity index (χ3v) is 6.11. The van der Waals surface area contributed by atoms with Crippen molar-refractivity contribution < 1.29 is 9.53 Å². The molecule has 3 rings (SSSR count). The van der Waals surface area contributed by atoms with Crippen molar-refractivity contribution in [1.29, 1.82) is 0 Å². The van der Waals surface area contributed by atoms with Gasteiger partial charge in [-0.05, 0) is 45.6 Å². The minimum atomic E-state index is 0.188. The maximum Gasteiger partial charge on any atom is 0.226 e. The summed E-state index contributed by atoms with van der Waals surface area (Å²) in [7, 11) is 2.03. The highest BCUT2D eigenvalue weighted by Crippen LogP contribution is 2.56. The van der Waals surface area contributed by atoms with Crippen LogP contribution in [0.1, 0.15) is 51.9 Å². The van der Waals surface area contributed by atoms with Gasteiger partial charge < -0.3 is 15.0 Å².